The molecule has 0 saturated carbocycles. The van der Waals surface area contributed by atoms with Crippen molar-refractivity contribution in [2.24, 2.45) is 0 Å². The molecule has 0 atom stereocenters. The standard InChI is InChI=1S/C7H13NO4S.Na.H/c1-5(13(10,11)12)6(9)8-7(2,3)4;;/h1H2,2-4H3,(H,8,9)(H,10,11,12);;/q;+1;-1. The molecule has 0 spiro atoms. The third-order valence-corrected chi connectivity index (χ3v) is 1.86. The summed E-state index contributed by atoms with van der Waals surface area (Å²) in [5.74, 6) is -0.894. The second-order valence-electron chi connectivity index (χ2n) is 3.60. The maximum Gasteiger partial charge on any atom is 1.00 e. The number of hydrogen-bond donors (Lipinski definition) is 2. The zero-order valence-electron chi connectivity index (χ0n) is 9.79. The Bertz CT molecular complexity index is 333. The van der Waals surface area contributed by atoms with Crippen molar-refractivity contribution in [3.8, 4) is 0 Å². The molecule has 0 heterocycles. The number of rotatable bonds is 2. The van der Waals surface area contributed by atoms with E-state index in [1.807, 2.05) is 0 Å². The van der Waals surface area contributed by atoms with Gasteiger partial charge in [-0.1, -0.05) is 6.58 Å². The molecule has 0 aromatic heterocycles. The quantitative estimate of drug-likeness (QED) is 0.310. The first-order valence-corrected chi connectivity index (χ1v) is 4.97. The Hall–Kier alpha value is 0.120. The zero-order valence-corrected chi connectivity index (χ0v) is 11.6. The predicted octanol–water partition coefficient (Wildman–Crippen LogP) is -2.58. The number of hydrogen-bond acceptors (Lipinski definition) is 3. The van der Waals surface area contributed by atoms with E-state index < -0.39 is 26.5 Å². The van der Waals surface area contributed by atoms with Crippen LogP contribution in [0.4, 0.5) is 0 Å². The Balaban J connectivity index is -0.000000720. The van der Waals surface area contributed by atoms with Crippen LogP contribution in [0.3, 0.4) is 0 Å². The van der Waals surface area contributed by atoms with Gasteiger partial charge in [0.05, 0.1) is 0 Å². The van der Waals surface area contributed by atoms with Crippen molar-refractivity contribution in [2.45, 2.75) is 26.3 Å². The van der Waals surface area contributed by atoms with E-state index in [1.54, 1.807) is 20.8 Å². The Kier molecular flexibility index (Phi) is 6.23. The molecule has 0 aliphatic heterocycles. The zero-order chi connectivity index (χ0) is 10.9. The molecular weight excluding hydrogens is 217 g/mol. The van der Waals surface area contributed by atoms with E-state index in [2.05, 4.69) is 11.9 Å². The third-order valence-electron chi connectivity index (χ3n) is 1.05. The molecule has 0 saturated heterocycles. The van der Waals surface area contributed by atoms with Crippen LogP contribution in [0.15, 0.2) is 11.5 Å². The first kappa shape index (κ1) is 16.5. The Morgan fingerprint density at radius 3 is 2.00 bits per heavy atom. The summed E-state index contributed by atoms with van der Waals surface area (Å²) in [7, 11) is -4.48. The van der Waals surface area contributed by atoms with Gasteiger partial charge < -0.3 is 6.74 Å². The fourth-order valence-corrected chi connectivity index (χ4v) is 0.813. The van der Waals surface area contributed by atoms with Gasteiger partial charge in [0.1, 0.15) is 0 Å². The molecule has 0 unspecified atom stereocenters. The van der Waals surface area contributed by atoms with E-state index in [0.29, 0.717) is 0 Å². The number of nitrogens with one attached hydrogen (secondary N) is 1. The van der Waals surface area contributed by atoms with Gasteiger partial charge in [0, 0.05) is 5.54 Å². The third kappa shape index (κ3) is 6.56. The van der Waals surface area contributed by atoms with E-state index in [-0.39, 0.29) is 31.0 Å². The van der Waals surface area contributed by atoms with E-state index in [9.17, 15) is 13.2 Å². The summed E-state index contributed by atoms with van der Waals surface area (Å²) in [6.07, 6.45) is 0. The van der Waals surface area contributed by atoms with Crippen molar-refractivity contribution in [1.82, 2.24) is 5.32 Å². The molecule has 78 valence electrons. The molecule has 0 rings (SSSR count). The first-order chi connectivity index (χ1) is 5.54. The van der Waals surface area contributed by atoms with Gasteiger partial charge in [-0.2, -0.15) is 8.42 Å². The molecule has 0 aromatic carbocycles. The summed E-state index contributed by atoms with van der Waals surface area (Å²) in [5, 5.41) is 2.35. The second-order valence-corrected chi connectivity index (χ2v) is 5.05. The van der Waals surface area contributed by atoms with Crippen LogP contribution in [0.25, 0.3) is 0 Å². The van der Waals surface area contributed by atoms with Gasteiger partial charge in [0.25, 0.3) is 16.0 Å². The molecule has 0 aliphatic carbocycles. The molecule has 1 amide bonds. The molecule has 2 N–H and O–H groups in total. The summed E-state index contributed by atoms with van der Waals surface area (Å²) in [6, 6.07) is 0. The Morgan fingerprint density at radius 1 is 1.43 bits per heavy atom. The molecule has 5 nitrogen and oxygen atoms in total. The van der Waals surface area contributed by atoms with Gasteiger partial charge in [-0.3, -0.25) is 9.35 Å². The number of amides is 1. The average molecular weight is 231 g/mol. The monoisotopic (exact) mass is 231 g/mol. The van der Waals surface area contributed by atoms with Crippen LogP contribution in [0, 0.1) is 0 Å². The van der Waals surface area contributed by atoms with Crippen LogP contribution < -0.4 is 34.9 Å². The fourth-order valence-electron chi connectivity index (χ4n) is 0.527. The van der Waals surface area contributed by atoms with Crippen LogP contribution in [0.5, 0.6) is 0 Å². The average Bonchev–Trinajstić information content (AvgIpc) is 1.79. The minimum Gasteiger partial charge on any atom is -1.00 e. The second kappa shape index (κ2) is 5.27. The van der Waals surface area contributed by atoms with E-state index >= 15 is 0 Å². The van der Waals surface area contributed by atoms with Crippen LogP contribution in [0.2, 0.25) is 0 Å². The molecule has 0 fully saturated rings. The van der Waals surface area contributed by atoms with Crippen LogP contribution >= 0.6 is 0 Å². The minimum atomic E-state index is -4.48. The van der Waals surface area contributed by atoms with Gasteiger partial charge in [0.2, 0.25) is 0 Å². The summed E-state index contributed by atoms with van der Waals surface area (Å²) in [4.78, 5) is 10.2. The Labute approximate surface area is 107 Å². The van der Waals surface area contributed by atoms with Crippen molar-refractivity contribution >= 4 is 16.0 Å². The SMILES string of the molecule is C=C(C(=O)NC(C)(C)C)S(=O)(=O)O.[H-].[Na+]. The van der Waals surface area contributed by atoms with Crippen molar-refractivity contribution in [3.63, 3.8) is 0 Å². The van der Waals surface area contributed by atoms with E-state index in [4.69, 9.17) is 4.55 Å². The van der Waals surface area contributed by atoms with Gasteiger partial charge in [-0.15, -0.1) is 0 Å². The first-order valence-electron chi connectivity index (χ1n) is 3.53. The van der Waals surface area contributed by atoms with Crippen molar-refractivity contribution in [1.29, 1.82) is 0 Å². The van der Waals surface area contributed by atoms with Crippen LogP contribution in [-0.2, 0) is 14.9 Å². The maximum absolute atomic E-state index is 11.1. The summed E-state index contributed by atoms with van der Waals surface area (Å²) in [5.41, 5.74) is -0.565. The predicted molar refractivity (Wildman–Crippen MR) is 49.7 cm³/mol. The molecule has 0 radical (unpaired) electrons. The van der Waals surface area contributed by atoms with Crippen molar-refractivity contribution in [2.75, 3.05) is 0 Å². The molecule has 0 bridgehead atoms. The summed E-state index contributed by atoms with van der Waals surface area (Å²) >= 11 is 0. The number of carbonyl (C=O) groups is 1. The molecule has 14 heavy (non-hydrogen) atoms. The van der Waals surface area contributed by atoms with Crippen molar-refractivity contribution < 1.29 is 48.7 Å². The van der Waals surface area contributed by atoms with Gasteiger partial charge in [-0.05, 0) is 20.8 Å². The van der Waals surface area contributed by atoms with Crippen LogP contribution in [0.1, 0.15) is 22.2 Å². The number of carbonyl (C=O) groups excluding carboxylic acids is 1. The molecule has 7 heteroatoms. The van der Waals surface area contributed by atoms with Crippen molar-refractivity contribution in [3.05, 3.63) is 11.5 Å². The van der Waals surface area contributed by atoms with Gasteiger partial charge in [-0.25, -0.2) is 0 Å². The van der Waals surface area contributed by atoms with E-state index in [0.717, 1.165) is 0 Å². The largest absolute Gasteiger partial charge is 1.00 e. The topological polar surface area (TPSA) is 83.5 Å². The normalized spacial score (nSPS) is 11.4. The summed E-state index contributed by atoms with van der Waals surface area (Å²) in [6.45, 7) is 8.01. The van der Waals surface area contributed by atoms with Crippen LogP contribution in [-0.4, -0.2) is 24.4 Å². The smallest absolute Gasteiger partial charge is 1.00 e. The minimum absolute atomic E-state index is 0. The fraction of sp³-hybridized carbons (Fsp3) is 0.571. The Morgan fingerprint density at radius 2 is 1.79 bits per heavy atom. The molecular formula is C7H14NNaO4S. The van der Waals surface area contributed by atoms with Gasteiger partial charge in [0.15, 0.2) is 4.91 Å². The molecule has 0 aliphatic rings. The molecule has 0 aromatic rings. The maximum atomic E-state index is 11.1. The van der Waals surface area contributed by atoms with E-state index in [1.165, 1.54) is 0 Å². The summed E-state index contributed by atoms with van der Waals surface area (Å²) < 4.78 is 29.4. The van der Waals surface area contributed by atoms with Gasteiger partial charge >= 0.3 is 29.6 Å².